The van der Waals surface area contributed by atoms with Gasteiger partial charge in [-0.15, -0.1) is 10.2 Å². The molecule has 8 rings (SSSR count). The number of hydrogen-bond donors (Lipinski definition) is 14. The van der Waals surface area contributed by atoms with Crippen LogP contribution < -0.4 is 47.7 Å². The molecule has 4 aliphatic rings. The van der Waals surface area contributed by atoms with Crippen molar-refractivity contribution in [1.82, 2.24) is 46.6 Å². The number of aliphatic hydroxyl groups is 6. The van der Waals surface area contributed by atoms with E-state index in [1.165, 1.54) is 48.6 Å². The number of phenols is 1. The molecule has 5 heterocycles. The minimum Gasteiger partial charge on any atom is -0.504 e. The van der Waals surface area contributed by atoms with Crippen molar-refractivity contribution in [2.75, 3.05) is 77.6 Å². The van der Waals surface area contributed by atoms with E-state index in [9.17, 15) is 69.3 Å². The van der Waals surface area contributed by atoms with E-state index in [-0.39, 0.29) is 61.4 Å². The summed E-state index contributed by atoms with van der Waals surface area (Å²) in [7, 11) is 1.71. The highest BCUT2D eigenvalue weighted by molar-refractivity contribution is 7.17. The number of nitrogens with one attached hydrogen (secondary N) is 5. The molecule has 508 valence electrons. The zero-order chi connectivity index (χ0) is 67.0. The van der Waals surface area contributed by atoms with Crippen LogP contribution in [0.25, 0.3) is 21.1 Å². The van der Waals surface area contributed by atoms with Gasteiger partial charge >= 0.3 is 0 Å². The number of methoxy groups -OCH3 is 1. The van der Waals surface area contributed by atoms with E-state index < -0.39 is 152 Å². The lowest BCUT2D eigenvalue weighted by Crippen LogP contribution is -2.64. The number of fused-ring (bicyclic) bond motifs is 2. The van der Waals surface area contributed by atoms with Gasteiger partial charge in [0.2, 0.25) is 35.4 Å². The molecular formula is C63H88N12O17S. The van der Waals surface area contributed by atoms with Gasteiger partial charge in [-0.2, -0.15) is 0 Å². The van der Waals surface area contributed by atoms with Gasteiger partial charge in [0, 0.05) is 107 Å². The van der Waals surface area contributed by atoms with E-state index in [2.05, 4.69) is 53.8 Å². The predicted molar refractivity (Wildman–Crippen MR) is 339 cm³/mol. The quantitative estimate of drug-likeness (QED) is 0.0379. The van der Waals surface area contributed by atoms with Crippen LogP contribution in [-0.4, -0.2) is 249 Å². The zero-order valence-corrected chi connectivity index (χ0v) is 53.2. The smallest absolute Gasteiger partial charge is 0.251 e. The average molecular weight is 1320 g/mol. The Labute approximate surface area is 542 Å². The third kappa shape index (κ3) is 18.5. The molecule has 0 bridgehead atoms. The molecule has 0 spiro atoms. The van der Waals surface area contributed by atoms with Crippen molar-refractivity contribution in [3.8, 4) is 32.6 Å². The molecule has 0 unspecified atom stereocenters. The van der Waals surface area contributed by atoms with Gasteiger partial charge in [-0.1, -0.05) is 36.5 Å². The van der Waals surface area contributed by atoms with E-state index >= 15 is 0 Å². The number of aliphatic hydroxyl groups excluding tert-OH is 6. The molecule has 29 nitrogen and oxygen atoms in total. The van der Waals surface area contributed by atoms with Crippen molar-refractivity contribution >= 4 is 58.4 Å². The third-order valence-corrected chi connectivity index (χ3v) is 18.2. The van der Waals surface area contributed by atoms with Gasteiger partial charge in [-0.25, -0.2) is 0 Å². The SMILES string of the molecule is COCCCCCOC1CCN(c2ccc(-c3nnc(-c4ccc(C(=O)N[C@H]5C[C@@H](O)CNC(=O)[C@@H]6[C@@H](O)[C@@H](C)CN6C(=O)[C@H]([C@H](O)CCN)NC(=O)[C@H]([C@H](O)Cc6ccc(O)c(OCCN)c6)NC(=O)[C@@H]6C[C@@H](O)CN6C(=O)[C@H]([C@@H](C)O)NC5=O)cc4)s3)cc2)CC1. The molecule has 4 aromatic rings. The maximum atomic E-state index is 14.7. The molecule has 16 N–H and O–H groups in total. The molecule has 4 aliphatic heterocycles. The van der Waals surface area contributed by atoms with Crippen LogP contribution in [0, 0.1) is 5.92 Å². The minimum atomic E-state index is -2.04. The van der Waals surface area contributed by atoms with Gasteiger partial charge < -0.3 is 103 Å². The Balaban J connectivity index is 1.02. The van der Waals surface area contributed by atoms with Crippen LogP contribution >= 0.6 is 11.3 Å². The summed E-state index contributed by atoms with van der Waals surface area (Å²) in [4.78, 5) is 106. The fraction of sp³-hybridized carbons (Fsp3) is 0.571. The van der Waals surface area contributed by atoms with Gasteiger partial charge in [-0.05, 0) is 106 Å². The molecule has 0 radical (unpaired) electrons. The number of rotatable bonds is 22. The topological polar surface area (TPSA) is 436 Å². The molecule has 93 heavy (non-hydrogen) atoms. The highest BCUT2D eigenvalue weighted by Gasteiger charge is 2.50. The molecule has 4 saturated heterocycles. The molecule has 7 amide bonds. The summed E-state index contributed by atoms with van der Waals surface area (Å²) in [5, 5.41) is 101. The Hall–Kier alpha value is -7.49. The number of amides is 7. The number of carbonyl (C=O) groups is 7. The van der Waals surface area contributed by atoms with Gasteiger partial charge in [-0.3, -0.25) is 33.6 Å². The number of nitrogens with two attached hydrogens (primary N) is 2. The van der Waals surface area contributed by atoms with Gasteiger partial charge in [0.15, 0.2) is 11.5 Å². The number of anilines is 1. The fourth-order valence-corrected chi connectivity index (χ4v) is 12.8. The maximum Gasteiger partial charge on any atom is 0.251 e. The standard InChI is InChI=1S/C63H88N12O17S/c1-34-32-75-53(54(34)82)59(87)66-31-41(77)29-44(67-55(83)37-8-10-38(11-9-37)60-71-72-61(93-60)39-12-14-40(15-13-39)73-22-18-43(19-23-73)91-25-6-4-5-24-90-3)56(84)68-50(35(2)76)62(88)74-33-42(78)30-45(74)57(85)69-51(58(86)70-52(63(75)89)47(80)17-20-64)48(81)27-36-7-16-46(79)49(28-36)92-26-21-65/h7-16,28,34-35,41-45,47-48,50-54,76-82H,4-6,17-27,29-33,64-65H2,1-3H3,(H,66,87)(H,67,83)(H,68,84)(H,69,85)(H,70,86)/t34-,35+,41+,42+,44-,45-,47+,48+,50-,51-,52-,53-,54-/m0/s1. The van der Waals surface area contributed by atoms with E-state index in [4.69, 9.17) is 25.7 Å². The van der Waals surface area contributed by atoms with Crippen molar-refractivity contribution in [2.45, 2.75) is 151 Å². The fourth-order valence-electron chi connectivity index (χ4n) is 11.9. The second kappa shape index (κ2) is 33.6. The Bertz CT molecular complexity index is 3170. The van der Waals surface area contributed by atoms with Crippen molar-refractivity contribution in [3.63, 3.8) is 0 Å². The Morgan fingerprint density at radius 3 is 2.03 bits per heavy atom. The van der Waals surface area contributed by atoms with Crippen molar-refractivity contribution in [3.05, 3.63) is 77.9 Å². The summed E-state index contributed by atoms with van der Waals surface area (Å²) in [5.74, 6) is -8.65. The first kappa shape index (κ1) is 71.4. The number of unbranched alkanes of at least 4 members (excludes halogenated alkanes) is 2. The number of phenolic OH excluding ortho intramolecular Hbond substituents is 1. The first-order valence-corrected chi connectivity index (χ1v) is 32.3. The van der Waals surface area contributed by atoms with Crippen LogP contribution in [0.5, 0.6) is 11.5 Å². The third-order valence-electron chi connectivity index (χ3n) is 17.1. The average Bonchev–Trinajstić information content (AvgIpc) is 1.99. The number of aromatic nitrogens is 2. The van der Waals surface area contributed by atoms with Crippen molar-refractivity contribution in [2.24, 2.45) is 17.4 Å². The van der Waals surface area contributed by atoms with Crippen LogP contribution in [0.15, 0.2) is 66.7 Å². The number of benzene rings is 3. The summed E-state index contributed by atoms with van der Waals surface area (Å²) in [6, 6.07) is 7.35. The minimum absolute atomic E-state index is 0.00551. The molecule has 3 aromatic carbocycles. The lowest BCUT2D eigenvalue weighted by atomic mass is 9.98. The van der Waals surface area contributed by atoms with Crippen LogP contribution in [0.1, 0.15) is 81.1 Å². The van der Waals surface area contributed by atoms with Gasteiger partial charge in [0.25, 0.3) is 5.91 Å². The number of hydrogen-bond acceptors (Lipinski definition) is 23. The number of aromatic hydroxyl groups is 1. The number of carbonyl (C=O) groups excluding carboxylic acids is 7. The molecule has 13 atom stereocenters. The number of nitrogens with zero attached hydrogens (tertiary/aromatic N) is 5. The summed E-state index contributed by atoms with van der Waals surface area (Å²) in [5.41, 5.74) is 14.3. The lowest BCUT2D eigenvalue weighted by Gasteiger charge is -2.34. The first-order valence-electron chi connectivity index (χ1n) is 31.5. The molecule has 1 aromatic heterocycles. The Morgan fingerprint density at radius 1 is 0.731 bits per heavy atom. The summed E-state index contributed by atoms with van der Waals surface area (Å²) >= 11 is 1.34. The van der Waals surface area contributed by atoms with Gasteiger partial charge in [0.1, 0.15) is 52.9 Å². The number of piperidine rings is 1. The van der Waals surface area contributed by atoms with Gasteiger partial charge in [0.05, 0.1) is 42.7 Å². The lowest BCUT2D eigenvalue weighted by molar-refractivity contribution is -0.147. The first-order chi connectivity index (χ1) is 44.6. The van der Waals surface area contributed by atoms with Crippen molar-refractivity contribution in [1.29, 1.82) is 0 Å². The molecule has 0 saturated carbocycles. The number of ether oxygens (including phenoxy) is 3. The zero-order valence-electron chi connectivity index (χ0n) is 52.4. The highest BCUT2D eigenvalue weighted by Crippen LogP contribution is 2.33. The van der Waals surface area contributed by atoms with E-state index in [0.29, 0.717) is 15.6 Å². The number of β-amino-alcohol motifs (C(OH)–C–C–N with tert-alkyl or cyclic N) is 1. The second-order valence-electron chi connectivity index (χ2n) is 24.2. The van der Waals surface area contributed by atoms with E-state index in [1.54, 1.807) is 19.2 Å². The van der Waals surface area contributed by atoms with Crippen LogP contribution in [-0.2, 0) is 44.7 Å². The second-order valence-corrected chi connectivity index (χ2v) is 25.1. The summed E-state index contributed by atoms with van der Waals surface area (Å²) in [6.07, 6.45) is -6.62. The molecule has 0 aliphatic carbocycles. The maximum absolute atomic E-state index is 14.7. The van der Waals surface area contributed by atoms with E-state index in [0.717, 1.165) is 86.4 Å². The highest BCUT2D eigenvalue weighted by atomic mass is 32.1. The monoisotopic (exact) mass is 1320 g/mol. The van der Waals surface area contributed by atoms with E-state index in [1.807, 2.05) is 12.1 Å². The molecular weight excluding hydrogens is 1230 g/mol. The Morgan fingerprint density at radius 2 is 1.38 bits per heavy atom. The summed E-state index contributed by atoms with van der Waals surface area (Å²) in [6.45, 7) is 4.34. The normalized spacial score (nSPS) is 25.8. The van der Waals surface area contributed by atoms with Crippen LogP contribution in [0.2, 0.25) is 0 Å². The largest absolute Gasteiger partial charge is 0.504 e. The van der Waals surface area contributed by atoms with Crippen LogP contribution in [0.4, 0.5) is 5.69 Å². The van der Waals surface area contributed by atoms with Crippen molar-refractivity contribution < 1.29 is 83.5 Å². The predicted octanol–water partition coefficient (Wildman–Crippen LogP) is -1.99. The molecule has 4 fully saturated rings. The van der Waals surface area contributed by atoms with Crippen LogP contribution in [0.3, 0.4) is 0 Å². The molecule has 30 heteroatoms. The summed E-state index contributed by atoms with van der Waals surface area (Å²) < 4.78 is 16.8. The Kier molecular flexibility index (Phi) is 25.8.